The normalized spacial score (nSPS) is 50.9. The molecular formula is C14H22N2O2. The fourth-order valence-electron chi connectivity index (χ4n) is 5.24. The van der Waals surface area contributed by atoms with Gasteiger partial charge in [-0.05, 0) is 19.3 Å². The zero-order chi connectivity index (χ0) is 12.3. The van der Waals surface area contributed by atoms with Gasteiger partial charge in [0.25, 0.3) is 0 Å². The number of piperidine rings is 3. The van der Waals surface area contributed by atoms with E-state index in [-0.39, 0.29) is 4.65 Å². The Kier molecular flexibility index (Phi) is 2.31. The molecule has 0 spiro atoms. The van der Waals surface area contributed by atoms with Crippen LogP contribution in [0, 0.1) is 17.0 Å². The standard InChI is InChI=1S/C14H22N2O2/c17-14-5-1-3-12-11-7-10(8-15(12)14)13-4-2-6-16(13,18)9-11/h10-13H,1-9H2/t10-,11-,12-,13+,16+/m0/s1. The van der Waals surface area contributed by atoms with Crippen molar-refractivity contribution in [2.24, 2.45) is 11.8 Å². The highest BCUT2D eigenvalue weighted by Crippen LogP contribution is 2.46. The van der Waals surface area contributed by atoms with Gasteiger partial charge in [0.05, 0.1) is 19.1 Å². The van der Waals surface area contributed by atoms with Crippen molar-refractivity contribution in [3.8, 4) is 0 Å². The van der Waals surface area contributed by atoms with Crippen LogP contribution in [0.5, 0.6) is 0 Å². The second-order valence-corrected chi connectivity index (χ2v) is 6.83. The summed E-state index contributed by atoms with van der Waals surface area (Å²) >= 11 is 0. The lowest BCUT2D eigenvalue weighted by atomic mass is 9.72. The van der Waals surface area contributed by atoms with E-state index in [4.69, 9.17) is 0 Å². The Morgan fingerprint density at radius 1 is 1.22 bits per heavy atom. The van der Waals surface area contributed by atoms with E-state index >= 15 is 0 Å². The van der Waals surface area contributed by atoms with Crippen molar-refractivity contribution in [2.45, 2.75) is 50.6 Å². The Balaban J connectivity index is 1.65. The third kappa shape index (κ3) is 1.42. The number of nitrogens with zero attached hydrogens (tertiary/aromatic N) is 2. The first kappa shape index (κ1) is 11.2. The quantitative estimate of drug-likeness (QED) is 0.483. The predicted molar refractivity (Wildman–Crippen MR) is 67.3 cm³/mol. The van der Waals surface area contributed by atoms with Crippen LogP contribution in [0.3, 0.4) is 0 Å². The van der Waals surface area contributed by atoms with E-state index in [1.54, 1.807) is 0 Å². The average molecular weight is 250 g/mol. The number of hydrogen-bond donors (Lipinski definition) is 0. The van der Waals surface area contributed by atoms with Crippen LogP contribution in [0.2, 0.25) is 0 Å². The van der Waals surface area contributed by atoms with E-state index in [2.05, 4.69) is 4.90 Å². The van der Waals surface area contributed by atoms with Crippen molar-refractivity contribution in [1.82, 2.24) is 4.90 Å². The van der Waals surface area contributed by atoms with Crippen LogP contribution >= 0.6 is 0 Å². The molecule has 0 unspecified atom stereocenters. The van der Waals surface area contributed by atoms with Gasteiger partial charge < -0.3 is 14.8 Å². The molecule has 0 saturated carbocycles. The molecular weight excluding hydrogens is 228 g/mol. The number of carbonyl (C=O) groups excluding carboxylic acids is 1. The molecule has 2 bridgehead atoms. The lowest BCUT2D eigenvalue weighted by Gasteiger charge is -2.59. The highest BCUT2D eigenvalue weighted by molar-refractivity contribution is 5.77. The van der Waals surface area contributed by atoms with Gasteiger partial charge in [-0.1, -0.05) is 0 Å². The summed E-state index contributed by atoms with van der Waals surface area (Å²) in [6.07, 6.45) is 6.29. The summed E-state index contributed by atoms with van der Waals surface area (Å²) in [4.78, 5) is 14.2. The second-order valence-electron chi connectivity index (χ2n) is 6.83. The molecule has 4 heteroatoms. The average Bonchev–Trinajstić information content (AvgIpc) is 2.73. The third-order valence-corrected chi connectivity index (χ3v) is 5.92. The minimum absolute atomic E-state index is 0.0772. The van der Waals surface area contributed by atoms with Crippen LogP contribution in [0.1, 0.15) is 38.5 Å². The number of rotatable bonds is 0. The first-order chi connectivity index (χ1) is 8.67. The monoisotopic (exact) mass is 250 g/mol. The van der Waals surface area contributed by atoms with Crippen molar-refractivity contribution < 1.29 is 9.44 Å². The molecule has 0 radical (unpaired) electrons. The summed E-state index contributed by atoms with van der Waals surface area (Å²) in [7, 11) is 0. The molecule has 100 valence electrons. The van der Waals surface area contributed by atoms with E-state index in [0.717, 1.165) is 51.7 Å². The van der Waals surface area contributed by atoms with Gasteiger partial charge in [0.2, 0.25) is 5.91 Å². The summed E-state index contributed by atoms with van der Waals surface area (Å²) in [6, 6.07) is 0.699. The van der Waals surface area contributed by atoms with Crippen molar-refractivity contribution in [3.63, 3.8) is 0 Å². The van der Waals surface area contributed by atoms with E-state index < -0.39 is 0 Å². The second kappa shape index (κ2) is 3.70. The zero-order valence-electron chi connectivity index (χ0n) is 10.9. The summed E-state index contributed by atoms with van der Waals surface area (Å²) in [5.74, 6) is 1.33. The van der Waals surface area contributed by atoms with Gasteiger partial charge in [0.15, 0.2) is 0 Å². The SMILES string of the molecule is O=C1CCC[C@H]2[C@H]3C[C@@H](CN12)[C@H]1CCC[N@@+]1([O-])C3. The van der Waals surface area contributed by atoms with E-state index in [9.17, 15) is 10.0 Å². The molecule has 18 heavy (non-hydrogen) atoms. The van der Waals surface area contributed by atoms with Crippen LogP contribution in [0.15, 0.2) is 0 Å². The van der Waals surface area contributed by atoms with Crippen LogP contribution in [0.25, 0.3) is 0 Å². The van der Waals surface area contributed by atoms with Gasteiger partial charge in [0, 0.05) is 43.7 Å². The molecule has 4 aliphatic heterocycles. The maximum atomic E-state index is 12.9. The largest absolute Gasteiger partial charge is 0.633 e. The Morgan fingerprint density at radius 2 is 2.11 bits per heavy atom. The van der Waals surface area contributed by atoms with Crippen LogP contribution in [-0.4, -0.2) is 47.2 Å². The van der Waals surface area contributed by atoms with Crippen molar-refractivity contribution >= 4 is 5.91 Å². The van der Waals surface area contributed by atoms with E-state index in [1.165, 1.54) is 6.42 Å². The Morgan fingerprint density at radius 3 is 3.00 bits per heavy atom. The molecule has 0 aromatic rings. The number of fused-ring (bicyclic) bond motifs is 6. The summed E-state index contributed by atoms with van der Waals surface area (Å²) in [6.45, 7) is 2.50. The minimum Gasteiger partial charge on any atom is -0.633 e. The summed E-state index contributed by atoms with van der Waals surface area (Å²) < 4.78 is 0.0772. The number of hydroxylamine groups is 3. The molecule has 0 N–H and O–H groups in total. The number of carbonyl (C=O) groups is 1. The van der Waals surface area contributed by atoms with Crippen LogP contribution < -0.4 is 0 Å². The van der Waals surface area contributed by atoms with Crippen molar-refractivity contribution in [2.75, 3.05) is 19.6 Å². The van der Waals surface area contributed by atoms with E-state index in [1.807, 2.05) is 0 Å². The van der Waals surface area contributed by atoms with Gasteiger partial charge in [0.1, 0.15) is 0 Å². The van der Waals surface area contributed by atoms with Gasteiger partial charge in [-0.15, -0.1) is 0 Å². The molecule has 0 aromatic heterocycles. The topological polar surface area (TPSA) is 43.4 Å². The molecule has 5 atom stereocenters. The third-order valence-electron chi connectivity index (χ3n) is 5.92. The fourth-order valence-corrected chi connectivity index (χ4v) is 5.24. The number of amides is 1. The molecule has 4 nitrogen and oxygen atoms in total. The van der Waals surface area contributed by atoms with E-state index in [0.29, 0.717) is 29.8 Å². The van der Waals surface area contributed by atoms with Gasteiger partial charge in [-0.25, -0.2) is 0 Å². The van der Waals surface area contributed by atoms with Crippen LogP contribution in [0.4, 0.5) is 0 Å². The number of hydrogen-bond acceptors (Lipinski definition) is 2. The maximum absolute atomic E-state index is 12.9. The number of quaternary nitrogens is 1. The first-order valence-electron chi connectivity index (χ1n) is 7.55. The highest BCUT2D eigenvalue weighted by atomic mass is 16.5. The predicted octanol–water partition coefficient (Wildman–Crippen LogP) is 1.49. The highest BCUT2D eigenvalue weighted by Gasteiger charge is 2.53. The molecule has 4 rings (SSSR count). The molecule has 4 aliphatic rings. The fraction of sp³-hybridized carbons (Fsp3) is 0.929. The lowest BCUT2D eigenvalue weighted by molar-refractivity contribution is -0.907. The first-order valence-corrected chi connectivity index (χ1v) is 7.55. The van der Waals surface area contributed by atoms with Crippen molar-refractivity contribution in [1.29, 1.82) is 0 Å². The van der Waals surface area contributed by atoms with Gasteiger partial charge in [-0.2, -0.15) is 0 Å². The summed E-state index contributed by atoms with van der Waals surface area (Å²) in [5.41, 5.74) is 0. The van der Waals surface area contributed by atoms with Gasteiger partial charge >= 0.3 is 0 Å². The molecule has 4 saturated heterocycles. The minimum atomic E-state index is 0.0772. The molecule has 4 fully saturated rings. The Bertz CT molecular complexity index is 386. The Hall–Kier alpha value is -0.610. The lowest BCUT2D eigenvalue weighted by Crippen LogP contribution is -2.67. The van der Waals surface area contributed by atoms with Crippen molar-refractivity contribution in [3.05, 3.63) is 5.21 Å². The molecule has 0 aromatic carbocycles. The molecule has 4 heterocycles. The Labute approximate surface area is 108 Å². The summed E-state index contributed by atoms with van der Waals surface area (Å²) in [5, 5.41) is 12.9. The maximum Gasteiger partial charge on any atom is 0.222 e. The van der Waals surface area contributed by atoms with Crippen LogP contribution in [-0.2, 0) is 4.79 Å². The van der Waals surface area contributed by atoms with Gasteiger partial charge in [-0.3, -0.25) is 4.79 Å². The molecule has 1 amide bonds. The molecule has 0 aliphatic carbocycles. The zero-order valence-corrected chi connectivity index (χ0v) is 10.9. The smallest absolute Gasteiger partial charge is 0.222 e.